The number of nitrogens with one attached hydrogen (secondary N) is 1. The van der Waals surface area contributed by atoms with Gasteiger partial charge in [-0.05, 0) is 54.7 Å². The number of rotatable bonds is 6. The molecule has 4 heteroatoms. The summed E-state index contributed by atoms with van der Waals surface area (Å²) >= 11 is 0. The Morgan fingerprint density at radius 3 is 2.44 bits per heavy atom. The summed E-state index contributed by atoms with van der Waals surface area (Å²) in [5, 5.41) is 3.63. The van der Waals surface area contributed by atoms with Gasteiger partial charge in [0.25, 0.3) is 0 Å². The fourth-order valence-electron chi connectivity index (χ4n) is 3.48. The first-order valence-electron chi connectivity index (χ1n) is 8.95. The van der Waals surface area contributed by atoms with Gasteiger partial charge in [-0.25, -0.2) is 0 Å². The maximum atomic E-state index is 5.79. The molecule has 25 heavy (non-hydrogen) atoms. The molecule has 1 N–H and O–H groups in total. The summed E-state index contributed by atoms with van der Waals surface area (Å²) in [6.07, 6.45) is 1.97. The van der Waals surface area contributed by atoms with Crippen molar-refractivity contribution in [1.82, 2.24) is 5.32 Å². The Morgan fingerprint density at radius 2 is 1.76 bits per heavy atom. The van der Waals surface area contributed by atoms with Crippen LogP contribution >= 0.6 is 0 Å². The molecule has 1 heterocycles. The molecule has 0 aromatic heterocycles. The molecule has 4 nitrogen and oxygen atoms in total. The zero-order chi connectivity index (χ0) is 17.8. The lowest BCUT2D eigenvalue weighted by atomic mass is 9.88. The van der Waals surface area contributed by atoms with Crippen molar-refractivity contribution in [1.29, 1.82) is 0 Å². The zero-order valence-electron chi connectivity index (χ0n) is 15.5. The molecule has 0 saturated carbocycles. The predicted molar refractivity (Wildman–Crippen MR) is 100 cm³/mol. The Balaban J connectivity index is 2.08. The average Bonchev–Trinajstić information content (AvgIpc) is 2.66. The number of aryl methyl sites for hydroxylation is 1. The highest BCUT2D eigenvalue weighted by atomic mass is 16.5. The molecule has 134 valence electrons. The third kappa shape index (κ3) is 3.45. The SMILES string of the molecule is CCOc1cc2c(cc1OC)CCNC2c1ccc(CC)cc1OC. The molecule has 3 rings (SSSR count). The monoisotopic (exact) mass is 341 g/mol. The van der Waals surface area contributed by atoms with E-state index in [2.05, 4.69) is 42.6 Å². The molecule has 0 bridgehead atoms. The van der Waals surface area contributed by atoms with Crippen LogP contribution in [0, 0.1) is 0 Å². The minimum atomic E-state index is 0.0923. The van der Waals surface area contributed by atoms with E-state index < -0.39 is 0 Å². The highest BCUT2D eigenvalue weighted by Crippen LogP contribution is 2.40. The van der Waals surface area contributed by atoms with Crippen LogP contribution in [0.1, 0.15) is 42.1 Å². The van der Waals surface area contributed by atoms with Gasteiger partial charge in [-0.1, -0.05) is 19.1 Å². The van der Waals surface area contributed by atoms with Crippen LogP contribution in [0.3, 0.4) is 0 Å². The average molecular weight is 341 g/mol. The Bertz CT molecular complexity index is 742. The fourth-order valence-corrected chi connectivity index (χ4v) is 3.48. The Morgan fingerprint density at radius 1 is 0.960 bits per heavy atom. The van der Waals surface area contributed by atoms with Crippen molar-refractivity contribution in [3.05, 3.63) is 52.6 Å². The smallest absolute Gasteiger partial charge is 0.161 e. The summed E-state index contributed by atoms with van der Waals surface area (Å²) in [7, 11) is 3.43. The van der Waals surface area contributed by atoms with E-state index in [4.69, 9.17) is 14.2 Å². The van der Waals surface area contributed by atoms with Crippen LogP contribution in [0.15, 0.2) is 30.3 Å². The molecule has 0 saturated heterocycles. The van der Waals surface area contributed by atoms with Gasteiger partial charge in [0.2, 0.25) is 0 Å². The predicted octanol–water partition coefficient (Wildman–Crippen LogP) is 3.90. The standard InChI is InChI=1S/C21H27NO3/c1-5-14-7-8-16(18(11-14)23-3)21-17-13-20(25-6-2)19(24-4)12-15(17)9-10-22-21/h7-8,11-13,21-22H,5-6,9-10H2,1-4H3. The highest BCUT2D eigenvalue weighted by Gasteiger charge is 2.26. The van der Waals surface area contributed by atoms with E-state index in [1.165, 1.54) is 16.7 Å². The number of fused-ring (bicyclic) bond motifs is 1. The number of hydrogen-bond acceptors (Lipinski definition) is 4. The molecule has 1 atom stereocenters. The van der Waals surface area contributed by atoms with Crippen LogP contribution in [0.2, 0.25) is 0 Å². The molecule has 0 amide bonds. The minimum absolute atomic E-state index is 0.0923. The van der Waals surface area contributed by atoms with Gasteiger partial charge in [0, 0.05) is 12.1 Å². The summed E-state index contributed by atoms with van der Waals surface area (Å²) < 4.78 is 17.0. The van der Waals surface area contributed by atoms with Crippen LogP contribution in [-0.4, -0.2) is 27.4 Å². The minimum Gasteiger partial charge on any atom is -0.496 e. The van der Waals surface area contributed by atoms with E-state index in [0.29, 0.717) is 6.61 Å². The molecule has 1 unspecified atom stereocenters. The number of benzene rings is 2. The van der Waals surface area contributed by atoms with Crippen molar-refractivity contribution < 1.29 is 14.2 Å². The Labute approximate surface area is 150 Å². The van der Waals surface area contributed by atoms with Crippen LogP contribution in [0.5, 0.6) is 17.2 Å². The topological polar surface area (TPSA) is 39.7 Å². The normalized spacial score (nSPS) is 16.2. The van der Waals surface area contributed by atoms with Gasteiger partial charge in [-0.15, -0.1) is 0 Å². The molecule has 1 aliphatic heterocycles. The van der Waals surface area contributed by atoms with Crippen LogP contribution in [0.4, 0.5) is 0 Å². The molecular formula is C21H27NO3. The molecule has 2 aromatic carbocycles. The van der Waals surface area contributed by atoms with Crippen molar-refractivity contribution >= 4 is 0 Å². The molecule has 0 radical (unpaired) electrons. The first kappa shape index (κ1) is 17.6. The van der Waals surface area contributed by atoms with Gasteiger partial charge in [0.05, 0.1) is 26.9 Å². The van der Waals surface area contributed by atoms with E-state index in [-0.39, 0.29) is 6.04 Å². The Hall–Kier alpha value is -2.20. The largest absolute Gasteiger partial charge is 0.496 e. The maximum absolute atomic E-state index is 5.79. The summed E-state index contributed by atoms with van der Waals surface area (Å²) in [6, 6.07) is 10.8. The molecule has 0 aliphatic carbocycles. The van der Waals surface area contributed by atoms with Gasteiger partial charge in [0.15, 0.2) is 11.5 Å². The Kier molecular flexibility index (Phi) is 5.49. The van der Waals surface area contributed by atoms with Gasteiger partial charge in [-0.3, -0.25) is 0 Å². The number of methoxy groups -OCH3 is 2. The number of hydrogen-bond donors (Lipinski definition) is 1. The van der Waals surface area contributed by atoms with E-state index in [0.717, 1.165) is 42.2 Å². The van der Waals surface area contributed by atoms with E-state index in [1.54, 1.807) is 14.2 Å². The summed E-state index contributed by atoms with van der Waals surface area (Å²) in [5.74, 6) is 2.52. The first-order valence-corrected chi connectivity index (χ1v) is 8.95. The second-order valence-electron chi connectivity index (χ2n) is 6.20. The quantitative estimate of drug-likeness (QED) is 0.865. The fraction of sp³-hybridized carbons (Fsp3) is 0.429. The number of ether oxygens (including phenoxy) is 3. The molecular weight excluding hydrogens is 314 g/mol. The summed E-state index contributed by atoms with van der Waals surface area (Å²) in [5.41, 5.74) is 4.97. The zero-order valence-corrected chi connectivity index (χ0v) is 15.5. The van der Waals surface area contributed by atoms with Gasteiger partial charge >= 0.3 is 0 Å². The second kappa shape index (κ2) is 7.79. The van der Waals surface area contributed by atoms with E-state index >= 15 is 0 Å². The van der Waals surface area contributed by atoms with Crippen molar-refractivity contribution in [2.24, 2.45) is 0 Å². The van der Waals surface area contributed by atoms with E-state index in [1.807, 2.05) is 6.92 Å². The lowest BCUT2D eigenvalue weighted by Gasteiger charge is -2.29. The molecule has 0 spiro atoms. The van der Waals surface area contributed by atoms with Crippen molar-refractivity contribution in [2.75, 3.05) is 27.4 Å². The van der Waals surface area contributed by atoms with Crippen LogP contribution in [-0.2, 0) is 12.8 Å². The molecule has 2 aromatic rings. The third-order valence-electron chi connectivity index (χ3n) is 4.80. The maximum Gasteiger partial charge on any atom is 0.161 e. The van der Waals surface area contributed by atoms with Gasteiger partial charge < -0.3 is 19.5 Å². The van der Waals surface area contributed by atoms with Gasteiger partial charge in [-0.2, -0.15) is 0 Å². The van der Waals surface area contributed by atoms with Crippen molar-refractivity contribution in [2.45, 2.75) is 32.7 Å². The lowest BCUT2D eigenvalue weighted by molar-refractivity contribution is 0.309. The lowest BCUT2D eigenvalue weighted by Crippen LogP contribution is -2.31. The first-order chi connectivity index (χ1) is 12.2. The summed E-state index contributed by atoms with van der Waals surface area (Å²) in [4.78, 5) is 0. The molecule has 1 aliphatic rings. The van der Waals surface area contributed by atoms with Crippen molar-refractivity contribution in [3.63, 3.8) is 0 Å². The van der Waals surface area contributed by atoms with E-state index in [9.17, 15) is 0 Å². The van der Waals surface area contributed by atoms with Crippen LogP contribution in [0.25, 0.3) is 0 Å². The second-order valence-corrected chi connectivity index (χ2v) is 6.20. The third-order valence-corrected chi connectivity index (χ3v) is 4.80. The van der Waals surface area contributed by atoms with Crippen LogP contribution < -0.4 is 19.5 Å². The highest BCUT2D eigenvalue weighted by molar-refractivity contribution is 5.53. The summed E-state index contributed by atoms with van der Waals surface area (Å²) in [6.45, 7) is 5.68. The van der Waals surface area contributed by atoms with Crippen molar-refractivity contribution in [3.8, 4) is 17.2 Å². The molecule has 0 fully saturated rings. The van der Waals surface area contributed by atoms with Gasteiger partial charge in [0.1, 0.15) is 5.75 Å².